The summed E-state index contributed by atoms with van der Waals surface area (Å²) in [6.07, 6.45) is 2.81. The summed E-state index contributed by atoms with van der Waals surface area (Å²) in [5.74, 6) is -0.350. The molecule has 0 radical (unpaired) electrons. The Morgan fingerprint density at radius 3 is 2.83 bits per heavy atom. The number of aliphatic hydroxyl groups excluding tert-OH is 1. The van der Waals surface area contributed by atoms with Gasteiger partial charge in [0.1, 0.15) is 5.82 Å². The van der Waals surface area contributed by atoms with E-state index >= 15 is 0 Å². The molecule has 94 valence electrons. The molecule has 0 aliphatic rings. The van der Waals surface area contributed by atoms with Crippen molar-refractivity contribution in [3.05, 3.63) is 59.7 Å². The smallest absolute Gasteiger partial charge is 0.141 e. The third kappa shape index (κ3) is 2.84. The molecule has 3 nitrogen and oxygen atoms in total. The summed E-state index contributed by atoms with van der Waals surface area (Å²) in [5, 5.41) is 12.5. The van der Waals surface area contributed by atoms with Crippen LogP contribution in [-0.2, 0) is 6.61 Å². The summed E-state index contributed by atoms with van der Waals surface area (Å²) in [7, 11) is 0. The third-order valence-corrected chi connectivity index (χ3v) is 2.79. The van der Waals surface area contributed by atoms with Crippen LogP contribution < -0.4 is 5.32 Å². The van der Waals surface area contributed by atoms with Crippen LogP contribution in [0.15, 0.2) is 42.7 Å². The second-order valence-electron chi connectivity index (χ2n) is 4.12. The quantitative estimate of drug-likeness (QED) is 0.872. The van der Waals surface area contributed by atoms with Gasteiger partial charge in [-0.3, -0.25) is 4.98 Å². The van der Waals surface area contributed by atoms with E-state index in [2.05, 4.69) is 10.3 Å². The maximum Gasteiger partial charge on any atom is 0.141 e. The van der Waals surface area contributed by atoms with Gasteiger partial charge in [0, 0.05) is 17.4 Å². The molecule has 1 atom stereocenters. The number of nitrogens with one attached hydrogen (secondary N) is 1. The van der Waals surface area contributed by atoms with Crippen LogP contribution in [-0.4, -0.2) is 10.1 Å². The van der Waals surface area contributed by atoms with Gasteiger partial charge in [-0.25, -0.2) is 4.39 Å². The highest BCUT2D eigenvalue weighted by Crippen LogP contribution is 2.22. The minimum atomic E-state index is -0.350. The monoisotopic (exact) mass is 246 g/mol. The number of pyridine rings is 1. The molecule has 0 aliphatic carbocycles. The van der Waals surface area contributed by atoms with Gasteiger partial charge in [0.15, 0.2) is 0 Å². The second kappa shape index (κ2) is 5.60. The summed E-state index contributed by atoms with van der Waals surface area (Å²) in [4.78, 5) is 3.83. The average Bonchev–Trinajstić information content (AvgIpc) is 2.39. The Kier molecular flexibility index (Phi) is 3.89. The number of hydrogen-bond acceptors (Lipinski definition) is 3. The summed E-state index contributed by atoms with van der Waals surface area (Å²) < 4.78 is 13.1. The fourth-order valence-corrected chi connectivity index (χ4v) is 1.78. The van der Waals surface area contributed by atoms with Crippen LogP contribution in [0.1, 0.15) is 24.1 Å². The number of aliphatic hydroxyl groups is 1. The summed E-state index contributed by atoms with van der Waals surface area (Å²) in [5.41, 5.74) is 2.42. The largest absolute Gasteiger partial charge is 0.392 e. The van der Waals surface area contributed by atoms with Gasteiger partial charge >= 0.3 is 0 Å². The molecule has 0 saturated carbocycles. The Hall–Kier alpha value is -1.94. The number of benzene rings is 1. The van der Waals surface area contributed by atoms with Crippen molar-refractivity contribution < 1.29 is 9.50 Å². The second-order valence-corrected chi connectivity index (χ2v) is 4.12. The van der Waals surface area contributed by atoms with Crippen molar-refractivity contribution in [3.8, 4) is 0 Å². The van der Waals surface area contributed by atoms with Crippen LogP contribution in [0.5, 0.6) is 0 Å². The molecule has 0 amide bonds. The minimum absolute atomic E-state index is 0.0305. The summed E-state index contributed by atoms with van der Waals surface area (Å²) >= 11 is 0. The van der Waals surface area contributed by atoms with Gasteiger partial charge in [0.25, 0.3) is 0 Å². The number of rotatable bonds is 4. The molecule has 2 aromatic rings. The minimum Gasteiger partial charge on any atom is -0.392 e. The molecule has 0 bridgehead atoms. The molecule has 0 saturated heterocycles. The molecule has 0 fully saturated rings. The van der Waals surface area contributed by atoms with Crippen LogP contribution in [0.4, 0.5) is 10.1 Å². The first kappa shape index (κ1) is 12.5. The van der Waals surface area contributed by atoms with E-state index in [1.807, 2.05) is 31.2 Å². The Bertz CT molecular complexity index is 531. The predicted molar refractivity (Wildman–Crippen MR) is 68.6 cm³/mol. The fraction of sp³-hybridized carbons (Fsp3) is 0.214. The Morgan fingerprint density at radius 1 is 1.33 bits per heavy atom. The molecule has 0 spiro atoms. The van der Waals surface area contributed by atoms with Gasteiger partial charge in [0.2, 0.25) is 0 Å². The van der Waals surface area contributed by atoms with Crippen molar-refractivity contribution in [2.75, 3.05) is 5.32 Å². The van der Waals surface area contributed by atoms with Crippen LogP contribution in [0.2, 0.25) is 0 Å². The number of anilines is 1. The normalized spacial score (nSPS) is 12.2. The zero-order valence-electron chi connectivity index (χ0n) is 10.1. The zero-order chi connectivity index (χ0) is 13.0. The van der Waals surface area contributed by atoms with Crippen LogP contribution in [0, 0.1) is 5.82 Å². The standard InChI is InChI=1S/C14H15FN2O/c1-10(12-6-13(15)8-16-7-12)17-14-5-3-2-4-11(14)9-18/h2-8,10,17-18H,9H2,1H3. The number of para-hydroxylation sites is 1. The van der Waals surface area contributed by atoms with E-state index in [4.69, 9.17) is 0 Å². The highest BCUT2D eigenvalue weighted by atomic mass is 19.1. The van der Waals surface area contributed by atoms with Gasteiger partial charge in [-0.2, -0.15) is 0 Å². The van der Waals surface area contributed by atoms with Crippen LogP contribution >= 0.6 is 0 Å². The lowest BCUT2D eigenvalue weighted by Gasteiger charge is -2.17. The Balaban J connectivity index is 2.18. The predicted octanol–water partition coefficient (Wildman–Crippen LogP) is 2.89. The summed E-state index contributed by atoms with van der Waals surface area (Å²) in [6.45, 7) is 1.89. The number of aromatic nitrogens is 1. The van der Waals surface area contributed by atoms with E-state index < -0.39 is 0 Å². The number of halogens is 1. The molecular weight excluding hydrogens is 231 g/mol. The van der Waals surface area contributed by atoms with E-state index in [0.29, 0.717) is 0 Å². The average molecular weight is 246 g/mol. The molecule has 1 aromatic carbocycles. The molecule has 1 heterocycles. The lowest BCUT2D eigenvalue weighted by atomic mass is 10.1. The van der Waals surface area contributed by atoms with Crippen molar-refractivity contribution in [3.63, 3.8) is 0 Å². The van der Waals surface area contributed by atoms with Gasteiger partial charge in [-0.15, -0.1) is 0 Å². The zero-order valence-corrected chi connectivity index (χ0v) is 10.1. The van der Waals surface area contributed by atoms with Crippen LogP contribution in [0.3, 0.4) is 0 Å². The maximum absolute atomic E-state index is 13.1. The van der Waals surface area contributed by atoms with Crippen molar-refractivity contribution in [1.82, 2.24) is 4.98 Å². The van der Waals surface area contributed by atoms with Crippen molar-refractivity contribution in [2.45, 2.75) is 19.6 Å². The van der Waals surface area contributed by atoms with Crippen LogP contribution in [0.25, 0.3) is 0 Å². The highest BCUT2D eigenvalue weighted by molar-refractivity contribution is 5.52. The van der Waals surface area contributed by atoms with E-state index in [-0.39, 0.29) is 18.5 Å². The summed E-state index contributed by atoms with van der Waals surface area (Å²) in [6, 6.07) is 8.85. The van der Waals surface area contributed by atoms with E-state index in [0.717, 1.165) is 16.8 Å². The lowest BCUT2D eigenvalue weighted by Crippen LogP contribution is -2.09. The molecule has 1 unspecified atom stereocenters. The maximum atomic E-state index is 13.1. The number of hydrogen-bond donors (Lipinski definition) is 2. The topological polar surface area (TPSA) is 45.1 Å². The van der Waals surface area contributed by atoms with E-state index in [1.54, 1.807) is 6.20 Å². The number of nitrogens with zero attached hydrogens (tertiary/aromatic N) is 1. The van der Waals surface area contributed by atoms with Gasteiger partial charge < -0.3 is 10.4 Å². The first-order valence-corrected chi connectivity index (χ1v) is 5.76. The van der Waals surface area contributed by atoms with Crippen molar-refractivity contribution >= 4 is 5.69 Å². The lowest BCUT2D eigenvalue weighted by molar-refractivity contribution is 0.282. The van der Waals surface area contributed by atoms with E-state index in [1.165, 1.54) is 12.3 Å². The van der Waals surface area contributed by atoms with Gasteiger partial charge in [-0.1, -0.05) is 18.2 Å². The molecule has 1 aromatic heterocycles. The highest BCUT2D eigenvalue weighted by Gasteiger charge is 2.08. The molecule has 2 rings (SSSR count). The third-order valence-electron chi connectivity index (χ3n) is 2.79. The van der Waals surface area contributed by atoms with Crippen molar-refractivity contribution in [2.24, 2.45) is 0 Å². The van der Waals surface area contributed by atoms with Crippen molar-refractivity contribution in [1.29, 1.82) is 0 Å². The fourth-order valence-electron chi connectivity index (χ4n) is 1.78. The molecule has 4 heteroatoms. The first-order chi connectivity index (χ1) is 8.70. The SMILES string of the molecule is CC(Nc1ccccc1CO)c1cncc(F)c1. The molecule has 18 heavy (non-hydrogen) atoms. The first-order valence-electron chi connectivity index (χ1n) is 5.76. The molecular formula is C14H15FN2O. The van der Waals surface area contributed by atoms with Gasteiger partial charge in [-0.05, 0) is 24.6 Å². The Labute approximate surface area is 105 Å². The van der Waals surface area contributed by atoms with E-state index in [9.17, 15) is 9.50 Å². The van der Waals surface area contributed by atoms with Gasteiger partial charge in [0.05, 0.1) is 18.8 Å². The molecule has 2 N–H and O–H groups in total. The molecule has 0 aliphatic heterocycles. The Morgan fingerprint density at radius 2 is 2.11 bits per heavy atom.